The van der Waals surface area contributed by atoms with E-state index in [9.17, 15) is 4.39 Å². The van der Waals surface area contributed by atoms with Gasteiger partial charge in [-0.15, -0.1) is 11.3 Å². The van der Waals surface area contributed by atoms with Crippen LogP contribution in [-0.4, -0.2) is 23.1 Å². The van der Waals surface area contributed by atoms with Crippen molar-refractivity contribution in [1.29, 1.82) is 0 Å². The van der Waals surface area contributed by atoms with Crippen molar-refractivity contribution in [2.75, 3.05) is 18.0 Å². The van der Waals surface area contributed by atoms with Crippen molar-refractivity contribution in [1.82, 2.24) is 9.97 Å². The molecule has 118 valence electrons. The zero-order valence-corrected chi connectivity index (χ0v) is 14.1. The van der Waals surface area contributed by atoms with E-state index in [4.69, 9.17) is 4.98 Å². The molecule has 0 bridgehead atoms. The predicted octanol–water partition coefficient (Wildman–Crippen LogP) is 4.71. The van der Waals surface area contributed by atoms with Gasteiger partial charge in [-0.2, -0.15) is 0 Å². The lowest BCUT2D eigenvalue weighted by Crippen LogP contribution is -2.20. The van der Waals surface area contributed by atoms with Gasteiger partial charge in [0.25, 0.3) is 0 Å². The van der Waals surface area contributed by atoms with Gasteiger partial charge in [0, 0.05) is 23.5 Å². The van der Waals surface area contributed by atoms with E-state index in [1.54, 1.807) is 11.3 Å². The molecule has 0 unspecified atom stereocenters. The lowest BCUT2D eigenvalue weighted by molar-refractivity contribution is 0.628. The first kappa shape index (κ1) is 14.6. The fourth-order valence-electron chi connectivity index (χ4n) is 3.32. The summed E-state index contributed by atoms with van der Waals surface area (Å²) in [6, 6.07) is 6.72. The monoisotopic (exact) mass is 327 g/mol. The second-order valence-electron chi connectivity index (χ2n) is 6.01. The van der Waals surface area contributed by atoms with E-state index >= 15 is 0 Å². The Morgan fingerprint density at radius 1 is 1.04 bits per heavy atom. The van der Waals surface area contributed by atoms with Crippen molar-refractivity contribution in [2.24, 2.45) is 0 Å². The van der Waals surface area contributed by atoms with Gasteiger partial charge in [0.15, 0.2) is 0 Å². The minimum atomic E-state index is -0.210. The van der Waals surface area contributed by atoms with Gasteiger partial charge < -0.3 is 4.90 Å². The normalized spacial score (nSPS) is 14.8. The Morgan fingerprint density at radius 2 is 1.74 bits per heavy atom. The summed E-state index contributed by atoms with van der Waals surface area (Å²) < 4.78 is 13.3. The topological polar surface area (TPSA) is 29.0 Å². The van der Waals surface area contributed by atoms with Gasteiger partial charge in [-0.25, -0.2) is 14.4 Å². The lowest BCUT2D eigenvalue weighted by Gasteiger charge is -2.18. The summed E-state index contributed by atoms with van der Waals surface area (Å²) in [4.78, 5) is 14.0. The number of halogens is 1. The van der Waals surface area contributed by atoms with Crippen molar-refractivity contribution >= 4 is 27.4 Å². The van der Waals surface area contributed by atoms with Crippen LogP contribution in [0.15, 0.2) is 24.3 Å². The summed E-state index contributed by atoms with van der Waals surface area (Å²) in [6.07, 6.45) is 2.42. The molecule has 0 radical (unpaired) electrons. The first-order valence-corrected chi connectivity index (χ1v) is 8.74. The second kappa shape index (κ2) is 5.57. The van der Waals surface area contributed by atoms with Crippen molar-refractivity contribution in [3.63, 3.8) is 0 Å². The van der Waals surface area contributed by atoms with E-state index in [0.29, 0.717) is 0 Å². The summed E-state index contributed by atoms with van der Waals surface area (Å²) in [5.74, 6) is 1.64. The van der Waals surface area contributed by atoms with E-state index in [-0.39, 0.29) is 5.82 Å². The average molecular weight is 327 g/mol. The zero-order chi connectivity index (χ0) is 16.0. The molecule has 3 aromatic rings. The molecule has 0 N–H and O–H groups in total. The molecule has 0 atom stereocenters. The molecule has 4 rings (SSSR count). The van der Waals surface area contributed by atoms with E-state index in [0.717, 1.165) is 46.1 Å². The Labute approximate surface area is 138 Å². The SMILES string of the molecule is Cc1nc(N2CCCC2)c2c(-c3ccc(F)cc3)c(C)sc2n1. The third-order valence-electron chi connectivity index (χ3n) is 4.36. The molecule has 0 amide bonds. The third-order valence-corrected chi connectivity index (χ3v) is 5.36. The summed E-state index contributed by atoms with van der Waals surface area (Å²) in [7, 11) is 0. The van der Waals surface area contributed by atoms with Crippen LogP contribution in [-0.2, 0) is 0 Å². The van der Waals surface area contributed by atoms with Gasteiger partial charge in [0.1, 0.15) is 22.3 Å². The highest BCUT2D eigenvalue weighted by Gasteiger charge is 2.23. The minimum Gasteiger partial charge on any atom is -0.356 e. The summed E-state index contributed by atoms with van der Waals surface area (Å²) in [5.41, 5.74) is 2.18. The Kier molecular flexibility index (Phi) is 3.53. The van der Waals surface area contributed by atoms with Gasteiger partial charge in [-0.3, -0.25) is 0 Å². The van der Waals surface area contributed by atoms with Crippen molar-refractivity contribution in [2.45, 2.75) is 26.7 Å². The van der Waals surface area contributed by atoms with E-state index in [2.05, 4.69) is 16.8 Å². The maximum atomic E-state index is 13.3. The number of aryl methyl sites for hydroxylation is 2. The highest BCUT2D eigenvalue weighted by molar-refractivity contribution is 7.19. The largest absolute Gasteiger partial charge is 0.356 e. The molecule has 1 aliphatic rings. The number of thiophene rings is 1. The first-order chi connectivity index (χ1) is 11.1. The number of benzene rings is 1. The smallest absolute Gasteiger partial charge is 0.141 e. The fourth-order valence-corrected chi connectivity index (χ4v) is 4.40. The van der Waals surface area contributed by atoms with Gasteiger partial charge in [0.2, 0.25) is 0 Å². The molecular formula is C18H18FN3S. The highest BCUT2D eigenvalue weighted by atomic mass is 32.1. The average Bonchev–Trinajstić information content (AvgIpc) is 3.14. The highest BCUT2D eigenvalue weighted by Crippen LogP contribution is 2.42. The first-order valence-electron chi connectivity index (χ1n) is 7.92. The molecule has 2 aromatic heterocycles. The van der Waals surface area contributed by atoms with Crippen LogP contribution in [0.4, 0.5) is 10.2 Å². The molecule has 0 saturated carbocycles. The van der Waals surface area contributed by atoms with Crippen LogP contribution in [0, 0.1) is 19.7 Å². The van der Waals surface area contributed by atoms with Gasteiger partial charge in [0.05, 0.1) is 5.39 Å². The number of fused-ring (bicyclic) bond motifs is 1. The number of aromatic nitrogens is 2. The quantitative estimate of drug-likeness (QED) is 0.682. The van der Waals surface area contributed by atoms with Crippen molar-refractivity contribution in [3.05, 3.63) is 40.8 Å². The van der Waals surface area contributed by atoms with Crippen LogP contribution in [0.1, 0.15) is 23.5 Å². The lowest BCUT2D eigenvalue weighted by atomic mass is 10.0. The number of anilines is 1. The molecule has 1 aromatic carbocycles. The summed E-state index contributed by atoms with van der Waals surface area (Å²) >= 11 is 1.69. The molecular weight excluding hydrogens is 309 g/mol. The fraction of sp³-hybridized carbons (Fsp3) is 0.333. The Hall–Kier alpha value is -2.01. The molecule has 1 fully saturated rings. The molecule has 23 heavy (non-hydrogen) atoms. The number of hydrogen-bond donors (Lipinski definition) is 0. The summed E-state index contributed by atoms with van der Waals surface area (Å²) in [6.45, 7) is 6.15. The Bertz CT molecular complexity index is 864. The van der Waals surface area contributed by atoms with Crippen LogP contribution in [0.2, 0.25) is 0 Å². The van der Waals surface area contributed by atoms with E-state index < -0.39 is 0 Å². The molecule has 3 nitrogen and oxygen atoms in total. The van der Waals surface area contributed by atoms with Crippen LogP contribution >= 0.6 is 11.3 Å². The third kappa shape index (κ3) is 2.49. The number of hydrogen-bond acceptors (Lipinski definition) is 4. The number of rotatable bonds is 2. The van der Waals surface area contributed by atoms with Crippen molar-refractivity contribution in [3.8, 4) is 11.1 Å². The minimum absolute atomic E-state index is 0.210. The zero-order valence-electron chi connectivity index (χ0n) is 13.3. The van der Waals surface area contributed by atoms with Gasteiger partial charge >= 0.3 is 0 Å². The van der Waals surface area contributed by atoms with E-state index in [1.165, 1.54) is 29.9 Å². The van der Waals surface area contributed by atoms with Crippen LogP contribution in [0.5, 0.6) is 0 Å². The predicted molar refractivity (Wildman–Crippen MR) is 93.7 cm³/mol. The molecule has 0 aliphatic carbocycles. The second-order valence-corrected chi connectivity index (χ2v) is 7.21. The number of nitrogens with zero attached hydrogens (tertiary/aromatic N) is 3. The van der Waals surface area contributed by atoms with Crippen LogP contribution in [0.25, 0.3) is 21.3 Å². The molecule has 0 spiro atoms. The van der Waals surface area contributed by atoms with Gasteiger partial charge in [-0.05, 0) is 44.4 Å². The maximum Gasteiger partial charge on any atom is 0.141 e. The van der Waals surface area contributed by atoms with Crippen LogP contribution in [0.3, 0.4) is 0 Å². The van der Waals surface area contributed by atoms with Crippen LogP contribution < -0.4 is 4.90 Å². The van der Waals surface area contributed by atoms with Gasteiger partial charge in [-0.1, -0.05) is 12.1 Å². The molecule has 1 saturated heterocycles. The molecule has 3 heterocycles. The Morgan fingerprint density at radius 3 is 2.43 bits per heavy atom. The Balaban J connectivity index is 2.00. The maximum absolute atomic E-state index is 13.3. The standard InChI is InChI=1S/C18H18FN3S/c1-11-15(13-5-7-14(19)8-6-13)16-17(22-9-3-4-10-22)20-12(2)21-18(16)23-11/h5-8H,3-4,9-10H2,1-2H3. The van der Waals surface area contributed by atoms with Crippen molar-refractivity contribution < 1.29 is 4.39 Å². The summed E-state index contributed by atoms with van der Waals surface area (Å²) in [5, 5.41) is 1.12. The molecule has 1 aliphatic heterocycles. The molecule has 5 heteroatoms. The van der Waals surface area contributed by atoms with E-state index in [1.807, 2.05) is 19.1 Å².